The van der Waals surface area contributed by atoms with Crippen molar-refractivity contribution in [2.24, 2.45) is 5.16 Å². The van der Waals surface area contributed by atoms with Crippen LogP contribution < -0.4 is 4.74 Å². The van der Waals surface area contributed by atoms with Crippen molar-refractivity contribution in [3.8, 4) is 5.75 Å². The summed E-state index contributed by atoms with van der Waals surface area (Å²) < 4.78 is 5.78. The maximum atomic E-state index is 5.78. The van der Waals surface area contributed by atoms with Gasteiger partial charge in [0.25, 0.3) is 5.90 Å². The van der Waals surface area contributed by atoms with Crippen LogP contribution in [0.2, 0.25) is 0 Å². The van der Waals surface area contributed by atoms with Crippen LogP contribution in [0.15, 0.2) is 60.0 Å². The zero-order chi connectivity index (χ0) is 14.4. The Kier molecular flexibility index (Phi) is 4.35. The zero-order valence-corrected chi connectivity index (χ0v) is 11.9. The smallest absolute Gasteiger partial charge is 0.264 e. The summed E-state index contributed by atoms with van der Waals surface area (Å²) >= 11 is 0. The lowest BCUT2D eigenvalue weighted by Crippen LogP contribution is -2.19. The minimum atomic E-state index is -0.381. The molecule has 4 heteroatoms. The molecule has 4 nitrogen and oxygen atoms in total. The highest BCUT2D eigenvalue weighted by atomic mass is 16.7. The first kappa shape index (κ1) is 14.1. The summed E-state index contributed by atoms with van der Waals surface area (Å²) in [5.74, 6) is 1.09. The summed E-state index contributed by atoms with van der Waals surface area (Å²) in [6.45, 7) is 5.79. The van der Waals surface area contributed by atoms with Gasteiger partial charge in [0.2, 0.25) is 0 Å². The number of benzene rings is 1. The summed E-state index contributed by atoms with van der Waals surface area (Å²) in [4.78, 5) is 9.53. The first-order valence-corrected chi connectivity index (χ1v) is 6.44. The van der Waals surface area contributed by atoms with Gasteiger partial charge in [-0.3, -0.25) is 4.98 Å². The number of oxime groups is 1. The van der Waals surface area contributed by atoms with E-state index >= 15 is 0 Å². The van der Waals surface area contributed by atoms with Gasteiger partial charge in [0, 0.05) is 12.4 Å². The Bertz CT molecular complexity index is 560. The summed E-state index contributed by atoms with van der Waals surface area (Å²) in [6, 6.07) is 13.2. The summed E-state index contributed by atoms with van der Waals surface area (Å²) in [6.07, 6.45) is 3.39. The van der Waals surface area contributed by atoms with E-state index in [0.717, 1.165) is 5.56 Å². The lowest BCUT2D eigenvalue weighted by atomic mass is 10.2. The minimum Gasteiger partial charge on any atom is -0.436 e. The molecule has 0 atom stereocenters. The van der Waals surface area contributed by atoms with Gasteiger partial charge in [-0.1, -0.05) is 18.2 Å². The van der Waals surface area contributed by atoms with E-state index in [1.807, 2.05) is 63.2 Å². The third kappa shape index (κ3) is 4.39. The van der Waals surface area contributed by atoms with Gasteiger partial charge in [-0.2, -0.15) is 0 Å². The number of hydrogen-bond acceptors (Lipinski definition) is 4. The lowest BCUT2D eigenvalue weighted by molar-refractivity contribution is -0.00152. The molecule has 0 aliphatic heterocycles. The minimum absolute atomic E-state index is 0.381. The lowest BCUT2D eigenvalue weighted by Gasteiger charge is -2.17. The van der Waals surface area contributed by atoms with Crippen LogP contribution >= 0.6 is 0 Å². The van der Waals surface area contributed by atoms with E-state index in [1.54, 1.807) is 12.4 Å². The van der Waals surface area contributed by atoms with Crippen molar-refractivity contribution in [1.82, 2.24) is 4.98 Å². The molecule has 0 saturated heterocycles. The molecule has 0 bridgehead atoms. The highest BCUT2D eigenvalue weighted by molar-refractivity contribution is 5.94. The van der Waals surface area contributed by atoms with Gasteiger partial charge in [-0.25, -0.2) is 0 Å². The molecule has 0 aliphatic carbocycles. The number of pyridine rings is 1. The molecule has 20 heavy (non-hydrogen) atoms. The number of nitrogens with zero attached hydrogens (tertiary/aromatic N) is 2. The molecule has 0 amide bonds. The van der Waals surface area contributed by atoms with Crippen LogP contribution in [0.5, 0.6) is 5.75 Å². The largest absolute Gasteiger partial charge is 0.436 e. The Morgan fingerprint density at radius 2 is 1.80 bits per heavy atom. The van der Waals surface area contributed by atoms with Crippen molar-refractivity contribution < 1.29 is 9.57 Å². The van der Waals surface area contributed by atoms with Crippen LogP contribution in [-0.4, -0.2) is 16.5 Å². The second-order valence-corrected chi connectivity index (χ2v) is 5.26. The molecule has 1 heterocycles. The van der Waals surface area contributed by atoms with Gasteiger partial charge in [0.15, 0.2) is 0 Å². The molecular weight excluding hydrogens is 252 g/mol. The van der Waals surface area contributed by atoms with Crippen molar-refractivity contribution in [3.63, 3.8) is 0 Å². The molecule has 1 aromatic heterocycles. The quantitative estimate of drug-likeness (QED) is 0.486. The highest BCUT2D eigenvalue weighted by Gasteiger charge is 2.13. The van der Waals surface area contributed by atoms with Gasteiger partial charge in [0.1, 0.15) is 11.4 Å². The number of hydrogen-bond donors (Lipinski definition) is 0. The van der Waals surface area contributed by atoms with Gasteiger partial charge < -0.3 is 9.57 Å². The van der Waals surface area contributed by atoms with Crippen molar-refractivity contribution in [3.05, 3.63) is 60.4 Å². The molecule has 2 rings (SSSR count). The highest BCUT2D eigenvalue weighted by Crippen LogP contribution is 2.14. The van der Waals surface area contributed by atoms with E-state index in [4.69, 9.17) is 9.57 Å². The van der Waals surface area contributed by atoms with Crippen LogP contribution in [-0.2, 0) is 4.84 Å². The third-order valence-corrected chi connectivity index (χ3v) is 2.27. The number of rotatable bonds is 3. The van der Waals surface area contributed by atoms with Crippen LogP contribution in [0.4, 0.5) is 0 Å². The predicted molar refractivity (Wildman–Crippen MR) is 78.7 cm³/mol. The Morgan fingerprint density at radius 3 is 2.40 bits per heavy atom. The monoisotopic (exact) mass is 270 g/mol. The molecular formula is C16H18N2O2. The van der Waals surface area contributed by atoms with Crippen molar-refractivity contribution in [2.75, 3.05) is 0 Å². The van der Waals surface area contributed by atoms with E-state index in [2.05, 4.69) is 10.1 Å². The average molecular weight is 270 g/mol. The second-order valence-electron chi connectivity index (χ2n) is 5.26. The fourth-order valence-corrected chi connectivity index (χ4v) is 1.40. The molecule has 0 N–H and O–H groups in total. The Balaban J connectivity index is 2.25. The van der Waals surface area contributed by atoms with Gasteiger partial charge in [-0.15, -0.1) is 0 Å². The van der Waals surface area contributed by atoms with Crippen molar-refractivity contribution in [2.45, 2.75) is 26.4 Å². The topological polar surface area (TPSA) is 43.7 Å². The van der Waals surface area contributed by atoms with Gasteiger partial charge >= 0.3 is 0 Å². The first-order valence-electron chi connectivity index (χ1n) is 6.44. The van der Waals surface area contributed by atoms with Gasteiger partial charge in [0.05, 0.1) is 5.56 Å². The predicted octanol–water partition coefficient (Wildman–Crippen LogP) is 3.64. The molecule has 2 aromatic rings. The maximum absolute atomic E-state index is 5.78. The molecule has 1 aromatic carbocycles. The Hall–Kier alpha value is -2.36. The van der Waals surface area contributed by atoms with E-state index in [1.165, 1.54) is 0 Å². The van der Waals surface area contributed by atoms with Crippen molar-refractivity contribution >= 4 is 5.90 Å². The van der Waals surface area contributed by atoms with Crippen molar-refractivity contribution in [1.29, 1.82) is 0 Å². The van der Waals surface area contributed by atoms with Crippen LogP contribution in [0, 0.1) is 0 Å². The Labute approximate surface area is 119 Å². The third-order valence-electron chi connectivity index (χ3n) is 2.27. The van der Waals surface area contributed by atoms with Gasteiger partial charge in [-0.05, 0) is 50.2 Å². The fraction of sp³-hybridized carbons (Fsp3) is 0.250. The molecule has 0 aliphatic rings. The number of ether oxygens (including phenoxy) is 1. The molecule has 0 saturated carbocycles. The summed E-state index contributed by atoms with van der Waals surface area (Å²) in [7, 11) is 0. The Morgan fingerprint density at radius 1 is 1.05 bits per heavy atom. The SMILES string of the molecule is CC(C)(C)O/N=C(/Oc1ccccc1)c1cccnc1. The number of aromatic nitrogens is 1. The molecule has 0 spiro atoms. The maximum Gasteiger partial charge on any atom is 0.264 e. The average Bonchev–Trinajstić information content (AvgIpc) is 2.44. The van der Waals surface area contributed by atoms with Crippen LogP contribution in [0.25, 0.3) is 0 Å². The zero-order valence-electron chi connectivity index (χ0n) is 11.9. The van der Waals surface area contributed by atoms with Crippen LogP contribution in [0.1, 0.15) is 26.3 Å². The van der Waals surface area contributed by atoms with Crippen LogP contribution in [0.3, 0.4) is 0 Å². The molecule has 0 fully saturated rings. The fourth-order valence-electron chi connectivity index (χ4n) is 1.40. The molecule has 0 radical (unpaired) electrons. The summed E-state index contributed by atoms with van der Waals surface area (Å²) in [5.41, 5.74) is 0.383. The van der Waals surface area contributed by atoms with E-state index < -0.39 is 0 Å². The molecule has 104 valence electrons. The normalized spacial score (nSPS) is 12.1. The second kappa shape index (κ2) is 6.19. The van der Waals surface area contributed by atoms with E-state index in [9.17, 15) is 0 Å². The summed E-state index contributed by atoms with van der Waals surface area (Å²) in [5, 5.41) is 4.11. The first-order chi connectivity index (χ1) is 9.54. The van der Waals surface area contributed by atoms with E-state index in [0.29, 0.717) is 11.6 Å². The number of para-hydroxylation sites is 1. The molecule has 0 unspecified atom stereocenters. The van der Waals surface area contributed by atoms with E-state index in [-0.39, 0.29) is 5.60 Å². The standard InChI is InChI=1S/C16H18N2O2/c1-16(2,3)20-18-15(13-8-7-11-17-12-13)19-14-9-5-4-6-10-14/h4-12H,1-3H3/b18-15+.